The zero-order chi connectivity index (χ0) is 15.5. The second-order valence-corrected chi connectivity index (χ2v) is 5.31. The summed E-state index contributed by atoms with van der Waals surface area (Å²) in [6, 6.07) is 0.00138. The summed E-state index contributed by atoms with van der Waals surface area (Å²) in [5.41, 5.74) is 5.56. The summed E-state index contributed by atoms with van der Waals surface area (Å²) in [5.74, 6) is 0.160. The molecule has 1 amide bonds. The molecule has 0 aliphatic rings. The van der Waals surface area contributed by atoms with E-state index in [4.69, 9.17) is 10.5 Å². The zero-order valence-corrected chi connectivity index (χ0v) is 13.4. The molecule has 20 heavy (non-hydrogen) atoms. The lowest BCUT2D eigenvalue weighted by atomic mass is 9.96. The van der Waals surface area contributed by atoms with Crippen LogP contribution in [-0.4, -0.2) is 42.5 Å². The number of esters is 1. The van der Waals surface area contributed by atoms with Crippen molar-refractivity contribution in [3.63, 3.8) is 0 Å². The summed E-state index contributed by atoms with van der Waals surface area (Å²) in [4.78, 5) is 25.4. The average Bonchev–Trinajstić information content (AvgIpc) is 2.40. The number of ether oxygens (including phenoxy) is 1. The zero-order valence-electron chi connectivity index (χ0n) is 13.4. The van der Waals surface area contributed by atoms with E-state index in [0.29, 0.717) is 25.5 Å². The molecule has 0 aromatic rings. The Morgan fingerprint density at radius 1 is 1.20 bits per heavy atom. The fourth-order valence-electron chi connectivity index (χ4n) is 2.16. The van der Waals surface area contributed by atoms with Gasteiger partial charge in [-0.2, -0.15) is 0 Å². The molecule has 5 nitrogen and oxygen atoms in total. The van der Waals surface area contributed by atoms with Crippen LogP contribution in [0.4, 0.5) is 0 Å². The monoisotopic (exact) mass is 286 g/mol. The van der Waals surface area contributed by atoms with Crippen LogP contribution in [0.3, 0.4) is 0 Å². The van der Waals surface area contributed by atoms with Crippen molar-refractivity contribution in [1.82, 2.24) is 4.90 Å². The molecule has 0 heterocycles. The van der Waals surface area contributed by atoms with E-state index in [2.05, 4.69) is 6.92 Å². The van der Waals surface area contributed by atoms with E-state index in [1.807, 2.05) is 13.8 Å². The quantitative estimate of drug-likeness (QED) is 0.623. The van der Waals surface area contributed by atoms with Gasteiger partial charge < -0.3 is 15.4 Å². The van der Waals surface area contributed by atoms with Gasteiger partial charge in [-0.1, -0.05) is 13.3 Å². The summed E-state index contributed by atoms with van der Waals surface area (Å²) < 4.78 is 4.91. The number of hydrogen-bond donors (Lipinski definition) is 1. The Balaban J connectivity index is 4.38. The Morgan fingerprint density at radius 2 is 1.85 bits per heavy atom. The first kappa shape index (κ1) is 18.9. The van der Waals surface area contributed by atoms with Gasteiger partial charge in [-0.15, -0.1) is 0 Å². The molecule has 1 atom stereocenters. The van der Waals surface area contributed by atoms with Crippen molar-refractivity contribution in [2.24, 2.45) is 11.7 Å². The van der Waals surface area contributed by atoms with Crippen LogP contribution in [0.1, 0.15) is 53.4 Å². The van der Waals surface area contributed by atoms with E-state index in [0.717, 1.165) is 19.3 Å². The van der Waals surface area contributed by atoms with Crippen molar-refractivity contribution in [1.29, 1.82) is 0 Å². The van der Waals surface area contributed by atoms with E-state index in [1.54, 1.807) is 11.8 Å². The summed E-state index contributed by atoms with van der Waals surface area (Å²) in [6.45, 7) is 8.74. The number of hydrogen-bond acceptors (Lipinski definition) is 4. The molecule has 0 aromatic heterocycles. The lowest BCUT2D eigenvalue weighted by Crippen LogP contribution is -2.41. The maximum atomic E-state index is 12.2. The molecule has 0 aliphatic carbocycles. The molecule has 118 valence electrons. The highest BCUT2D eigenvalue weighted by Gasteiger charge is 2.21. The average molecular weight is 286 g/mol. The van der Waals surface area contributed by atoms with Crippen molar-refractivity contribution in [3.8, 4) is 0 Å². The maximum absolute atomic E-state index is 12.2. The van der Waals surface area contributed by atoms with Gasteiger partial charge in [0.1, 0.15) is 6.54 Å². The third kappa shape index (κ3) is 7.48. The highest BCUT2D eigenvalue weighted by atomic mass is 16.5. The Morgan fingerprint density at radius 3 is 2.30 bits per heavy atom. The van der Waals surface area contributed by atoms with Gasteiger partial charge in [0.25, 0.3) is 0 Å². The molecule has 2 N–H and O–H groups in total. The first-order valence-corrected chi connectivity index (χ1v) is 7.61. The SMILES string of the molecule is CCOC(=O)CN(C(=O)CCC(CC)CCN)C(C)C. The molecule has 1 unspecified atom stereocenters. The van der Waals surface area contributed by atoms with Gasteiger partial charge in [-0.3, -0.25) is 9.59 Å². The molecule has 0 aromatic carbocycles. The second kappa shape index (κ2) is 10.7. The van der Waals surface area contributed by atoms with E-state index in [-0.39, 0.29) is 24.5 Å². The van der Waals surface area contributed by atoms with Crippen LogP contribution in [0.5, 0.6) is 0 Å². The predicted octanol–water partition coefficient (Wildman–Crippen LogP) is 1.94. The van der Waals surface area contributed by atoms with E-state index >= 15 is 0 Å². The Bertz CT molecular complexity index is 293. The first-order chi connectivity index (χ1) is 9.46. The number of amides is 1. The molecule has 0 spiro atoms. The van der Waals surface area contributed by atoms with Crippen molar-refractivity contribution < 1.29 is 14.3 Å². The van der Waals surface area contributed by atoms with Gasteiger partial charge in [-0.25, -0.2) is 0 Å². The van der Waals surface area contributed by atoms with Crippen LogP contribution in [0, 0.1) is 5.92 Å². The predicted molar refractivity (Wildman–Crippen MR) is 80.2 cm³/mol. The molecule has 0 fully saturated rings. The van der Waals surface area contributed by atoms with Crippen LogP contribution in [-0.2, 0) is 14.3 Å². The number of carbonyl (C=O) groups excluding carboxylic acids is 2. The summed E-state index contributed by atoms with van der Waals surface area (Å²) in [7, 11) is 0. The van der Waals surface area contributed by atoms with Crippen LogP contribution < -0.4 is 5.73 Å². The minimum Gasteiger partial charge on any atom is -0.465 e. The van der Waals surface area contributed by atoms with Gasteiger partial charge >= 0.3 is 5.97 Å². The van der Waals surface area contributed by atoms with Crippen molar-refractivity contribution >= 4 is 11.9 Å². The molecule has 0 aliphatic heterocycles. The smallest absolute Gasteiger partial charge is 0.325 e. The van der Waals surface area contributed by atoms with Gasteiger partial charge in [-0.05, 0) is 46.1 Å². The molecule has 0 saturated heterocycles. The topological polar surface area (TPSA) is 72.6 Å². The lowest BCUT2D eigenvalue weighted by molar-refractivity contribution is -0.150. The van der Waals surface area contributed by atoms with Crippen molar-refractivity contribution in [2.45, 2.75) is 59.4 Å². The standard InChI is InChI=1S/C15H30N2O3/c1-5-13(9-10-16)7-8-14(18)17(12(3)4)11-15(19)20-6-2/h12-13H,5-11,16H2,1-4H3. The van der Waals surface area contributed by atoms with Crippen LogP contribution >= 0.6 is 0 Å². The van der Waals surface area contributed by atoms with Gasteiger partial charge in [0, 0.05) is 12.5 Å². The van der Waals surface area contributed by atoms with E-state index in [9.17, 15) is 9.59 Å². The maximum Gasteiger partial charge on any atom is 0.325 e. The Kier molecular flexibility index (Phi) is 10.1. The van der Waals surface area contributed by atoms with Crippen molar-refractivity contribution in [3.05, 3.63) is 0 Å². The van der Waals surface area contributed by atoms with Crippen LogP contribution in [0.15, 0.2) is 0 Å². The van der Waals surface area contributed by atoms with Crippen LogP contribution in [0.25, 0.3) is 0 Å². The van der Waals surface area contributed by atoms with Gasteiger partial charge in [0.05, 0.1) is 6.61 Å². The minimum absolute atomic E-state index is 0.00138. The number of nitrogens with two attached hydrogens (primary N) is 1. The Hall–Kier alpha value is -1.10. The largest absolute Gasteiger partial charge is 0.465 e. The van der Waals surface area contributed by atoms with E-state index in [1.165, 1.54) is 0 Å². The molecule has 5 heteroatoms. The van der Waals surface area contributed by atoms with Gasteiger partial charge in [0.15, 0.2) is 0 Å². The number of rotatable bonds is 10. The molecule has 0 radical (unpaired) electrons. The van der Waals surface area contributed by atoms with Crippen LogP contribution in [0.2, 0.25) is 0 Å². The highest BCUT2D eigenvalue weighted by molar-refractivity contribution is 5.82. The Labute approximate surface area is 122 Å². The molecule has 0 saturated carbocycles. The minimum atomic E-state index is -0.344. The third-order valence-electron chi connectivity index (χ3n) is 3.47. The normalized spacial score (nSPS) is 12.3. The second-order valence-electron chi connectivity index (χ2n) is 5.31. The molecule has 0 rings (SSSR count). The fourth-order valence-corrected chi connectivity index (χ4v) is 2.16. The molecular formula is C15H30N2O3. The first-order valence-electron chi connectivity index (χ1n) is 7.61. The summed E-state index contributed by atoms with van der Waals surface area (Å²) in [6.07, 6.45) is 3.28. The fraction of sp³-hybridized carbons (Fsp3) is 0.867. The summed E-state index contributed by atoms with van der Waals surface area (Å²) in [5, 5.41) is 0. The number of carbonyl (C=O) groups is 2. The van der Waals surface area contributed by atoms with Gasteiger partial charge in [0.2, 0.25) is 5.91 Å². The lowest BCUT2D eigenvalue weighted by Gasteiger charge is -2.26. The molecular weight excluding hydrogens is 256 g/mol. The van der Waals surface area contributed by atoms with Crippen molar-refractivity contribution in [2.75, 3.05) is 19.7 Å². The number of nitrogens with zero attached hydrogens (tertiary/aromatic N) is 1. The third-order valence-corrected chi connectivity index (χ3v) is 3.47. The highest BCUT2D eigenvalue weighted by Crippen LogP contribution is 2.16. The molecule has 0 bridgehead atoms. The summed E-state index contributed by atoms with van der Waals surface area (Å²) >= 11 is 0. The van der Waals surface area contributed by atoms with E-state index < -0.39 is 0 Å².